The highest BCUT2D eigenvalue weighted by molar-refractivity contribution is 7.88. The van der Waals surface area contributed by atoms with E-state index >= 15 is 0 Å². The zero-order chi connectivity index (χ0) is 15.6. The Morgan fingerprint density at radius 1 is 1.27 bits per heavy atom. The molecule has 0 atom stereocenters. The maximum absolute atomic E-state index is 12.5. The first kappa shape index (κ1) is 14.8. The number of fused-ring (bicyclic) bond motifs is 1. The zero-order valence-corrected chi connectivity index (χ0v) is 13.0. The second-order valence-electron chi connectivity index (χ2n) is 5.07. The highest BCUT2D eigenvalue weighted by atomic mass is 32.2. The van der Waals surface area contributed by atoms with E-state index in [1.54, 1.807) is 6.07 Å². The van der Waals surface area contributed by atoms with Crippen molar-refractivity contribution in [3.63, 3.8) is 0 Å². The summed E-state index contributed by atoms with van der Waals surface area (Å²) in [5.74, 6) is -0.149. The Balaban J connectivity index is 1.81. The van der Waals surface area contributed by atoms with Crippen molar-refractivity contribution in [1.82, 2.24) is 14.4 Å². The van der Waals surface area contributed by atoms with E-state index in [4.69, 9.17) is 4.52 Å². The first-order valence-corrected chi connectivity index (χ1v) is 8.62. The van der Waals surface area contributed by atoms with Crippen LogP contribution in [0.5, 0.6) is 0 Å². The third-order valence-electron chi connectivity index (χ3n) is 3.54. The molecule has 0 fully saturated rings. The Bertz CT molecular complexity index is 853. The van der Waals surface area contributed by atoms with Crippen molar-refractivity contribution in [2.24, 2.45) is 0 Å². The molecular formula is C15H17N3O3S. The summed E-state index contributed by atoms with van der Waals surface area (Å²) in [5, 5.41) is 4.75. The molecule has 0 spiro atoms. The molecular weight excluding hydrogens is 302 g/mol. The molecule has 7 heteroatoms. The fraction of sp³-hybridized carbons (Fsp3) is 0.267. The first-order valence-electron chi connectivity index (χ1n) is 7.01. The second-order valence-corrected chi connectivity index (χ2v) is 7.04. The van der Waals surface area contributed by atoms with E-state index in [0.29, 0.717) is 18.8 Å². The van der Waals surface area contributed by atoms with Crippen LogP contribution in [0, 0.1) is 0 Å². The molecule has 3 aromatic rings. The minimum Gasteiger partial charge on any atom is -0.364 e. The Labute approximate surface area is 128 Å². The Morgan fingerprint density at radius 2 is 2.14 bits per heavy atom. The second kappa shape index (κ2) is 5.94. The molecule has 0 saturated carbocycles. The lowest BCUT2D eigenvalue weighted by molar-refractivity contribution is 0.406. The van der Waals surface area contributed by atoms with Gasteiger partial charge >= 0.3 is 0 Å². The zero-order valence-electron chi connectivity index (χ0n) is 12.2. The minimum atomic E-state index is -3.43. The monoisotopic (exact) mass is 319 g/mol. The molecule has 1 aromatic carbocycles. The molecule has 22 heavy (non-hydrogen) atoms. The molecule has 2 heterocycles. The topological polar surface area (TPSA) is 79.2 Å². The van der Waals surface area contributed by atoms with E-state index < -0.39 is 10.0 Å². The van der Waals surface area contributed by atoms with Gasteiger partial charge in [0.2, 0.25) is 10.0 Å². The molecule has 116 valence electrons. The average molecular weight is 319 g/mol. The Morgan fingerprint density at radius 3 is 2.86 bits per heavy atom. The van der Waals surface area contributed by atoms with Crippen molar-refractivity contribution in [3.8, 4) is 0 Å². The third-order valence-corrected chi connectivity index (χ3v) is 5.38. The molecule has 0 amide bonds. The quantitative estimate of drug-likeness (QED) is 0.757. The largest absolute Gasteiger partial charge is 0.364 e. The number of sulfonamides is 1. The molecule has 2 aromatic heterocycles. The average Bonchev–Trinajstić information content (AvgIpc) is 3.14. The molecule has 0 aliphatic heterocycles. The van der Waals surface area contributed by atoms with Crippen LogP contribution in [-0.4, -0.2) is 29.4 Å². The van der Waals surface area contributed by atoms with Crippen LogP contribution in [0.15, 0.2) is 47.3 Å². The van der Waals surface area contributed by atoms with Crippen molar-refractivity contribution in [2.75, 3.05) is 6.54 Å². The van der Waals surface area contributed by atoms with Crippen LogP contribution < -0.4 is 0 Å². The fourth-order valence-corrected chi connectivity index (χ4v) is 3.85. The number of H-pyrrole nitrogens is 1. The maximum Gasteiger partial charge on any atom is 0.220 e. The van der Waals surface area contributed by atoms with Gasteiger partial charge in [-0.3, -0.25) is 0 Å². The summed E-state index contributed by atoms with van der Waals surface area (Å²) in [7, 11) is -3.43. The van der Waals surface area contributed by atoms with Gasteiger partial charge in [0.1, 0.15) is 12.0 Å². The smallest absolute Gasteiger partial charge is 0.220 e. The van der Waals surface area contributed by atoms with Gasteiger partial charge in [-0.25, -0.2) is 8.42 Å². The van der Waals surface area contributed by atoms with Crippen molar-refractivity contribution < 1.29 is 12.9 Å². The molecule has 6 nitrogen and oxygen atoms in total. The van der Waals surface area contributed by atoms with Gasteiger partial charge in [0, 0.05) is 30.9 Å². The molecule has 0 aliphatic rings. The molecule has 0 saturated heterocycles. The van der Waals surface area contributed by atoms with Gasteiger partial charge in [-0.15, -0.1) is 0 Å². The van der Waals surface area contributed by atoms with Crippen LogP contribution in [0.25, 0.3) is 10.9 Å². The van der Waals surface area contributed by atoms with Crippen LogP contribution in [0.4, 0.5) is 0 Å². The van der Waals surface area contributed by atoms with Gasteiger partial charge in [-0.2, -0.15) is 4.31 Å². The number of benzene rings is 1. The molecule has 0 aliphatic carbocycles. The lowest BCUT2D eigenvalue weighted by Crippen LogP contribution is -2.31. The van der Waals surface area contributed by atoms with Crippen molar-refractivity contribution in [2.45, 2.75) is 19.2 Å². The summed E-state index contributed by atoms with van der Waals surface area (Å²) in [6, 6.07) is 9.44. The normalized spacial score (nSPS) is 12.3. The van der Waals surface area contributed by atoms with E-state index in [-0.39, 0.29) is 5.75 Å². The van der Waals surface area contributed by atoms with E-state index in [0.717, 1.165) is 16.5 Å². The molecule has 1 N–H and O–H groups in total. The number of nitrogens with one attached hydrogen (secondary N) is 1. The van der Waals surface area contributed by atoms with Gasteiger partial charge in [0.15, 0.2) is 0 Å². The number of rotatable bonds is 6. The summed E-state index contributed by atoms with van der Waals surface area (Å²) in [6.45, 7) is 2.58. The molecule has 0 unspecified atom stereocenters. The lowest BCUT2D eigenvalue weighted by atomic mass is 10.1. The van der Waals surface area contributed by atoms with Crippen molar-refractivity contribution in [1.29, 1.82) is 0 Å². The van der Waals surface area contributed by atoms with E-state index in [2.05, 4.69) is 10.1 Å². The maximum atomic E-state index is 12.5. The predicted octanol–water partition coefficient (Wildman–Crippen LogP) is 2.51. The SMILES string of the molecule is CCN(Cc1ccc2[nH]ccc2c1)S(=O)(=O)Cc1ccon1. The summed E-state index contributed by atoms with van der Waals surface area (Å²) >= 11 is 0. The van der Waals surface area contributed by atoms with Crippen LogP contribution >= 0.6 is 0 Å². The number of hydrogen-bond acceptors (Lipinski definition) is 4. The van der Waals surface area contributed by atoms with Gasteiger partial charge in [-0.1, -0.05) is 18.1 Å². The van der Waals surface area contributed by atoms with E-state index in [1.807, 2.05) is 37.4 Å². The Hall–Kier alpha value is -2.12. The molecule has 0 radical (unpaired) electrons. The van der Waals surface area contributed by atoms with Gasteiger partial charge in [0.05, 0.1) is 5.69 Å². The standard InChI is InChI=1S/C15H17N3O3S/c1-2-18(22(19,20)11-14-6-8-21-17-14)10-12-3-4-15-13(9-12)5-7-16-15/h3-9,16H,2,10-11H2,1H3. The first-order chi connectivity index (χ1) is 10.6. The highest BCUT2D eigenvalue weighted by Gasteiger charge is 2.22. The van der Waals surface area contributed by atoms with Crippen molar-refractivity contribution in [3.05, 3.63) is 54.0 Å². The van der Waals surface area contributed by atoms with Gasteiger partial charge < -0.3 is 9.51 Å². The molecule has 0 bridgehead atoms. The van der Waals surface area contributed by atoms with Crippen LogP contribution in [0.1, 0.15) is 18.2 Å². The predicted molar refractivity (Wildman–Crippen MR) is 83.5 cm³/mol. The number of aromatic amines is 1. The number of aromatic nitrogens is 2. The summed E-state index contributed by atoms with van der Waals surface area (Å²) < 4.78 is 31.1. The molecule has 3 rings (SSSR count). The van der Waals surface area contributed by atoms with E-state index in [9.17, 15) is 8.42 Å². The lowest BCUT2D eigenvalue weighted by Gasteiger charge is -2.20. The summed E-state index contributed by atoms with van der Waals surface area (Å²) in [5.41, 5.74) is 2.41. The van der Waals surface area contributed by atoms with Crippen molar-refractivity contribution >= 4 is 20.9 Å². The van der Waals surface area contributed by atoms with Crippen LogP contribution in [0.3, 0.4) is 0 Å². The number of hydrogen-bond donors (Lipinski definition) is 1. The fourth-order valence-electron chi connectivity index (χ4n) is 2.40. The Kier molecular flexibility index (Phi) is 4.00. The minimum absolute atomic E-state index is 0.149. The van der Waals surface area contributed by atoms with Gasteiger partial charge in [-0.05, 0) is 29.1 Å². The van der Waals surface area contributed by atoms with E-state index in [1.165, 1.54) is 10.6 Å². The van der Waals surface area contributed by atoms with Crippen LogP contribution in [-0.2, 0) is 22.3 Å². The van der Waals surface area contributed by atoms with Crippen LogP contribution in [0.2, 0.25) is 0 Å². The summed E-state index contributed by atoms with van der Waals surface area (Å²) in [6.07, 6.45) is 3.24. The van der Waals surface area contributed by atoms with Gasteiger partial charge in [0.25, 0.3) is 0 Å². The number of nitrogens with zero attached hydrogens (tertiary/aromatic N) is 2. The summed E-state index contributed by atoms with van der Waals surface area (Å²) in [4.78, 5) is 3.12. The third kappa shape index (κ3) is 3.05. The highest BCUT2D eigenvalue weighted by Crippen LogP contribution is 2.18.